The van der Waals surface area contributed by atoms with Gasteiger partial charge in [-0.1, -0.05) is 30.3 Å². The quantitative estimate of drug-likeness (QED) is 0.392. The van der Waals surface area contributed by atoms with Crippen LogP contribution in [-0.4, -0.2) is 18.1 Å². The van der Waals surface area contributed by atoms with E-state index in [0.29, 0.717) is 11.1 Å². The Morgan fingerprint density at radius 1 is 0.920 bits per heavy atom. The SMILES string of the molecule is O=S(=O)(O)c1ccc(O)c(N=Nc2cccc3ccc([O-])cc23)c1.[Na+]. The minimum absolute atomic E-state index is 0. The van der Waals surface area contributed by atoms with Crippen LogP contribution >= 0.6 is 0 Å². The summed E-state index contributed by atoms with van der Waals surface area (Å²) in [6.07, 6.45) is 0. The van der Waals surface area contributed by atoms with Crippen molar-refractivity contribution in [3.05, 3.63) is 54.6 Å². The summed E-state index contributed by atoms with van der Waals surface area (Å²) in [5.74, 6) is -0.475. The molecule has 0 aliphatic carbocycles. The average Bonchev–Trinajstić information content (AvgIpc) is 2.53. The van der Waals surface area contributed by atoms with Gasteiger partial charge in [-0.25, -0.2) is 0 Å². The van der Waals surface area contributed by atoms with Crippen LogP contribution in [0.1, 0.15) is 0 Å². The summed E-state index contributed by atoms with van der Waals surface area (Å²) in [4.78, 5) is -0.408. The zero-order chi connectivity index (χ0) is 17.3. The molecule has 0 atom stereocenters. The molecule has 25 heavy (non-hydrogen) atoms. The normalized spacial score (nSPS) is 11.6. The van der Waals surface area contributed by atoms with Crippen molar-refractivity contribution in [3.63, 3.8) is 0 Å². The molecule has 0 spiro atoms. The Balaban J connectivity index is 0.00000225. The van der Waals surface area contributed by atoms with Gasteiger partial charge < -0.3 is 10.2 Å². The van der Waals surface area contributed by atoms with Gasteiger partial charge in [0.15, 0.2) is 0 Å². The van der Waals surface area contributed by atoms with Crippen LogP contribution < -0.4 is 34.7 Å². The third-order valence-corrected chi connectivity index (χ3v) is 4.19. The second-order valence-corrected chi connectivity index (χ2v) is 6.41. The van der Waals surface area contributed by atoms with Crippen LogP contribution in [0.5, 0.6) is 11.5 Å². The van der Waals surface area contributed by atoms with E-state index >= 15 is 0 Å². The minimum Gasteiger partial charge on any atom is -0.872 e. The maximum Gasteiger partial charge on any atom is 1.00 e. The fraction of sp³-hybridized carbons (Fsp3) is 0. The molecule has 0 aliphatic rings. The zero-order valence-corrected chi connectivity index (χ0v) is 15.9. The minimum atomic E-state index is -4.42. The second-order valence-electron chi connectivity index (χ2n) is 4.99. The smallest absolute Gasteiger partial charge is 0.872 e. The number of hydrogen-bond donors (Lipinski definition) is 2. The van der Waals surface area contributed by atoms with E-state index in [4.69, 9.17) is 4.55 Å². The van der Waals surface area contributed by atoms with Crippen molar-refractivity contribution in [2.75, 3.05) is 0 Å². The third kappa shape index (κ3) is 4.36. The predicted octanol–water partition coefficient (Wildman–Crippen LogP) is 0.285. The number of fused-ring (bicyclic) bond motifs is 1. The number of phenolic OH excluding ortho intramolecular Hbond substituents is 1. The van der Waals surface area contributed by atoms with Crippen LogP contribution in [0.4, 0.5) is 11.4 Å². The monoisotopic (exact) mass is 366 g/mol. The summed E-state index contributed by atoms with van der Waals surface area (Å²) >= 11 is 0. The van der Waals surface area contributed by atoms with Crippen LogP contribution in [0.3, 0.4) is 0 Å². The second kappa shape index (κ2) is 7.51. The summed E-state index contributed by atoms with van der Waals surface area (Å²) in [7, 11) is -4.42. The predicted molar refractivity (Wildman–Crippen MR) is 85.5 cm³/mol. The zero-order valence-electron chi connectivity index (χ0n) is 13.1. The molecule has 3 rings (SSSR count). The van der Waals surface area contributed by atoms with Gasteiger partial charge >= 0.3 is 29.6 Å². The van der Waals surface area contributed by atoms with Crippen molar-refractivity contribution in [1.82, 2.24) is 0 Å². The van der Waals surface area contributed by atoms with Gasteiger partial charge in [-0.2, -0.15) is 8.42 Å². The van der Waals surface area contributed by atoms with Gasteiger partial charge in [-0.15, -0.1) is 16.0 Å². The Kier molecular flexibility index (Phi) is 5.81. The molecule has 0 saturated heterocycles. The summed E-state index contributed by atoms with van der Waals surface area (Å²) in [5.41, 5.74) is 0.266. The molecule has 122 valence electrons. The van der Waals surface area contributed by atoms with E-state index in [1.54, 1.807) is 18.2 Å². The van der Waals surface area contributed by atoms with Crippen molar-refractivity contribution in [2.24, 2.45) is 10.2 Å². The first-order valence-corrected chi connectivity index (χ1v) is 8.21. The van der Waals surface area contributed by atoms with Crippen LogP contribution in [0.15, 0.2) is 69.7 Å². The third-order valence-electron chi connectivity index (χ3n) is 3.34. The van der Waals surface area contributed by atoms with Crippen LogP contribution in [-0.2, 0) is 10.1 Å². The van der Waals surface area contributed by atoms with Gasteiger partial charge in [0.1, 0.15) is 11.4 Å². The van der Waals surface area contributed by atoms with Crippen molar-refractivity contribution in [1.29, 1.82) is 0 Å². The fourth-order valence-corrected chi connectivity index (χ4v) is 2.67. The molecule has 9 heteroatoms. The summed E-state index contributed by atoms with van der Waals surface area (Å²) in [6.45, 7) is 0. The van der Waals surface area contributed by atoms with Gasteiger partial charge in [0.25, 0.3) is 10.1 Å². The number of hydrogen-bond acceptors (Lipinski definition) is 6. The molecular formula is C16H11N2NaO5S. The summed E-state index contributed by atoms with van der Waals surface area (Å²) < 4.78 is 31.3. The summed E-state index contributed by atoms with van der Waals surface area (Å²) in [6, 6.07) is 12.8. The molecule has 0 bridgehead atoms. The van der Waals surface area contributed by atoms with E-state index in [9.17, 15) is 18.6 Å². The van der Waals surface area contributed by atoms with Crippen molar-refractivity contribution >= 4 is 32.3 Å². The number of nitrogens with zero attached hydrogens (tertiary/aromatic N) is 2. The molecule has 0 unspecified atom stereocenters. The van der Waals surface area contributed by atoms with E-state index in [1.807, 2.05) is 6.07 Å². The molecule has 0 aliphatic heterocycles. The van der Waals surface area contributed by atoms with Gasteiger partial charge in [-0.3, -0.25) is 4.55 Å². The van der Waals surface area contributed by atoms with Crippen LogP contribution in [0, 0.1) is 0 Å². The first kappa shape index (κ1) is 19.4. The van der Waals surface area contributed by atoms with E-state index in [-0.39, 0.29) is 46.7 Å². The number of benzene rings is 3. The molecule has 2 N–H and O–H groups in total. The molecule has 0 saturated carbocycles. The van der Waals surface area contributed by atoms with E-state index < -0.39 is 15.0 Å². The summed E-state index contributed by atoms with van der Waals surface area (Å²) in [5, 5.41) is 30.5. The maximum absolute atomic E-state index is 11.5. The van der Waals surface area contributed by atoms with E-state index in [2.05, 4.69) is 10.2 Å². The van der Waals surface area contributed by atoms with E-state index in [1.165, 1.54) is 12.1 Å². The van der Waals surface area contributed by atoms with Gasteiger partial charge in [0.05, 0.1) is 10.6 Å². The van der Waals surface area contributed by atoms with Crippen molar-refractivity contribution < 1.29 is 52.7 Å². The topological polar surface area (TPSA) is 122 Å². The maximum atomic E-state index is 11.5. The van der Waals surface area contributed by atoms with Crippen molar-refractivity contribution in [3.8, 4) is 11.5 Å². The van der Waals surface area contributed by atoms with Crippen LogP contribution in [0.25, 0.3) is 10.8 Å². The number of rotatable bonds is 3. The van der Waals surface area contributed by atoms with Gasteiger partial charge in [0, 0.05) is 5.39 Å². The molecule has 0 amide bonds. The van der Waals surface area contributed by atoms with Crippen molar-refractivity contribution in [2.45, 2.75) is 4.90 Å². The molecule has 7 nitrogen and oxygen atoms in total. The number of azo groups is 1. The fourth-order valence-electron chi connectivity index (χ4n) is 2.17. The van der Waals surface area contributed by atoms with Gasteiger partial charge in [0.2, 0.25) is 0 Å². The molecular weight excluding hydrogens is 355 g/mol. The van der Waals surface area contributed by atoms with Crippen LogP contribution in [0.2, 0.25) is 0 Å². The Hall–Kier alpha value is -1.97. The van der Waals surface area contributed by atoms with Gasteiger partial charge in [-0.05, 0) is 29.7 Å². The number of phenols is 1. The first-order chi connectivity index (χ1) is 11.3. The average molecular weight is 366 g/mol. The largest absolute Gasteiger partial charge is 1.00 e. The standard InChI is InChI=1S/C16H12N2O5S.Na/c19-11-5-4-10-2-1-3-14(13(10)8-11)17-18-15-9-12(24(21,22)23)6-7-16(15)20;/h1-9,19-20H,(H,21,22,23);/q;+1/p-1. The van der Waals surface area contributed by atoms with E-state index in [0.717, 1.165) is 23.6 Å². The molecule has 3 aromatic rings. The molecule has 0 radical (unpaired) electrons. The molecule has 0 heterocycles. The Morgan fingerprint density at radius 2 is 1.64 bits per heavy atom. The molecule has 0 aromatic heterocycles. The number of aromatic hydroxyl groups is 1. The Morgan fingerprint density at radius 3 is 2.36 bits per heavy atom. The first-order valence-electron chi connectivity index (χ1n) is 6.77. The Labute approximate surface area is 165 Å². The Bertz CT molecular complexity index is 1070. The molecule has 0 fully saturated rings. The molecule has 3 aromatic carbocycles.